The molecule has 1 aliphatic heterocycles. The summed E-state index contributed by atoms with van der Waals surface area (Å²) in [5, 5.41) is 2.84. The van der Waals surface area contributed by atoms with E-state index in [0.717, 1.165) is 30.8 Å². The Kier molecular flexibility index (Phi) is 6.01. The highest BCUT2D eigenvalue weighted by Crippen LogP contribution is 2.16. The maximum atomic E-state index is 13.1. The molecule has 0 radical (unpaired) electrons. The Morgan fingerprint density at radius 3 is 2.80 bits per heavy atom. The van der Waals surface area contributed by atoms with Crippen LogP contribution in [0.5, 0.6) is 5.75 Å². The van der Waals surface area contributed by atoms with Crippen molar-refractivity contribution in [2.45, 2.75) is 25.4 Å². The Bertz CT molecular complexity index is 696. The maximum Gasteiger partial charge on any atom is 0.251 e. The third kappa shape index (κ3) is 5.29. The van der Waals surface area contributed by atoms with Crippen molar-refractivity contribution in [3.05, 3.63) is 65.5 Å². The molecule has 1 aliphatic rings. The Hall–Kier alpha value is -2.40. The predicted octanol–water partition coefficient (Wildman–Crippen LogP) is 3.36. The molecule has 2 aromatic carbocycles. The first-order chi connectivity index (χ1) is 12.2. The van der Waals surface area contributed by atoms with Crippen LogP contribution < -0.4 is 10.1 Å². The molecule has 1 fully saturated rings. The number of rotatable bonds is 7. The minimum absolute atomic E-state index is 0.151. The second-order valence-electron chi connectivity index (χ2n) is 6.11. The molecular weight excluding hydrogens is 321 g/mol. The van der Waals surface area contributed by atoms with Gasteiger partial charge in [0, 0.05) is 18.7 Å². The maximum absolute atomic E-state index is 13.1. The SMILES string of the molecule is O=C(NCCc1cccc(F)c1)c1ccc(OCC2CCCO2)cc1. The third-order valence-electron chi connectivity index (χ3n) is 4.16. The molecule has 0 bridgehead atoms. The van der Waals surface area contributed by atoms with E-state index in [1.807, 2.05) is 6.07 Å². The summed E-state index contributed by atoms with van der Waals surface area (Å²) in [5.74, 6) is 0.316. The van der Waals surface area contributed by atoms with Crippen molar-refractivity contribution in [3.8, 4) is 5.75 Å². The van der Waals surface area contributed by atoms with Crippen LogP contribution >= 0.6 is 0 Å². The van der Waals surface area contributed by atoms with E-state index >= 15 is 0 Å². The molecule has 0 aromatic heterocycles. The average Bonchev–Trinajstić information content (AvgIpc) is 3.14. The fraction of sp³-hybridized carbons (Fsp3) is 0.350. The van der Waals surface area contributed by atoms with Gasteiger partial charge in [-0.25, -0.2) is 4.39 Å². The largest absolute Gasteiger partial charge is 0.491 e. The van der Waals surface area contributed by atoms with Crippen LogP contribution in [0.15, 0.2) is 48.5 Å². The van der Waals surface area contributed by atoms with E-state index in [4.69, 9.17) is 9.47 Å². The van der Waals surface area contributed by atoms with Crippen LogP contribution in [0.4, 0.5) is 4.39 Å². The van der Waals surface area contributed by atoms with Gasteiger partial charge < -0.3 is 14.8 Å². The number of halogens is 1. The Morgan fingerprint density at radius 1 is 1.24 bits per heavy atom. The van der Waals surface area contributed by atoms with Gasteiger partial charge in [-0.2, -0.15) is 0 Å². The molecule has 1 N–H and O–H groups in total. The summed E-state index contributed by atoms with van der Waals surface area (Å²) in [7, 11) is 0. The van der Waals surface area contributed by atoms with Crippen LogP contribution in [0.2, 0.25) is 0 Å². The first-order valence-electron chi connectivity index (χ1n) is 8.58. The van der Waals surface area contributed by atoms with Crippen molar-refractivity contribution in [2.75, 3.05) is 19.8 Å². The zero-order valence-corrected chi connectivity index (χ0v) is 14.0. The van der Waals surface area contributed by atoms with Crippen molar-refractivity contribution in [3.63, 3.8) is 0 Å². The van der Waals surface area contributed by atoms with Gasteiger partial charge in [-0.05, 0) is 61.2 Å². The quantitative estimate of drug-likeness (QED) is 0.839. The van der Waals surface area contributed by atoms with E-state index in [1.165, 1.54) is 12.1 Å². The van der Waals surface area contributed by atoms with Crippen LogP contribution in [0.1, 0.15) is 28.8 Å². The van der Waals surface area contributed by atoms with Crippen molar-refractivity contribution in [2.24, 2.45) is 0 Å². The van der Waals surface area contributed by atoms with Gasteiger partial charge in [0.1, 0.15) is 18.2 Å². The minimum Gasteiger partial charge on any atom is -0.491 e. The number of nitrogens with one attached hydrogen (secondary N) is 1. The number of amides is 1. The van der Waals surface area contributed by atoms with Gasteiger partial charge in [-0.15, -0.1) is 0 Å². The first kappa shape index (κ1) is 17.4. The highest BCUT2D eigenvalue weighted by atomic mass is 19.1. The fourth-order valence-electron chi connectivity index (χ4n) is 2.78. The lowest BCUT2D eigenvalue weighted by molar-refractivity contribution is 0.0679. The summed E-state index contributed by atoms with van der Waals surface area (Å²) in [5.41, 5.74) is 1.43. The summed E-state index contributed by atoms with van der Waals surface area (Å²) in [6.07, 6.45) is 2.88. The third-order valence-corrected chi connectivity index (χ3v) is 4.16. The monoisotopic (exact) mass is 343 g/mol. The molecule has 1 atom stereocenters. The van der Waals surface area contributed by atoms with Gasteiger partial charge >= 0.3 is 0 Å². The highest BCUT2D eigenvalue weighted by Gasteiger charge is 2.16. The van der Waals surface area contributed by atoms with Crippen LogP contribution in [0, 0.1) is 5.82 Å². The molecule has 1 amide bonds. The molecule has 132 valence electrons. The van der Waals surface area contributed by atoms with Crippen molar-refractivity contribution in [1.82, 2.24) is 5.32 Å². The molecule has 0 aliphatic carbocycles. The van der Waals surface area contributed by atoms with E-state index in [1.54, 1.807) is 30.3 Å². The molecular formula is C20H22FNO3. The summed E-state index contributed by atoms with van der Waals surface area (Å²) < 4.78 is 24.3. The number of benzene rings is 2. The van der Waals surface area contributed by atoms with Gasteiger partial charge in [0.15, 0.2) is 0 Å². The van der Waals surface area contributed by atoms with Crippen LogP contribution in [0.3, 0.4) is 0 Å². The summed E-state index contributed by atoms with van der Waals surface area (Å²) in [6, 6.07) is 13.5. The molecule has 0 saturated carbocycles. The molecule has 25 heavy (non-hydrogen) atoms. The second kappa shape index (κ2) is 8.62. The Labute approximate surface area is 147 Å². The van der Waals surface area contributed by atoms with Crippen LogP contribution in [-0.2, 0) is 11.2 Å². The molecule has 0 spiro atoms. The van der Waals surface area contributed by atoms with E-state index in [-0.39, 0.29) is 17.8 Å². The van der Waals surface area contributed by atoms with Crippen molar-refractivity contribution >= 4 is 5.91 Å². The molecule has 5 heteroatoms. The first-order valence-corrected chi connectivity index (χ1v) is 8.58. The van der Waals surface area contributed by atoms with Crippen LogP contribution in [0.25, 0.3) is 0 Å². The second-order valence-corrected chi connectivity index (χ2v) is 6.11. The fourth-order valence-corrected chi connectivity index (χ4v) is 2.78. The Balaban J connectivity index is 1.43. The average molecular weight is 343 g/mol. The van der Waals surface area contributed by atoms with E-state index < -0.39 is 0 Å². The zero-order valence-electron chi connectivity index (χ0n) is 14.0. The summed E-state index contributed by atoms with van der Waals surface area (Å²) in [6.45, 7) is 1.81. The normalized spacial score (nSPS) is 16.6. The van der Waals surface area contributed by atoms with Crippen LogP contribution in [-0.4, -0.2) is 31.8 Å². The number of carbonyl (C=O) groups excluding carboxylic acids is 1. The number of hydrogen-bond donors (Lipinski definition) is 1. The number of carbonyl (C=O) groups is 1. The molecule has 1 heterocycles. The summed E-state index contributed by atoms with van der Waals surface area (Å²) in [4.78, 5) is 12.1. The molecule has 1 saturated heterocycles. The summed E-state index contributed by atoms with van der Waals surface area (Å²) >= 11 is 0. The number of hydrogen-bond acceptors (Lipinski definition) is 3. The Morgan fingerprint density at radius 2 is 2.08 bits per heavy atom. The lowest BCUT2D eigenvalue weighted by Crippen LogP contribution is -2.25. The number of ether oxygens (including phenoxy) is 2. The zero-order chi connectivity index (χ0) is 17.5. The minimum atomic E-state index is -0.262. The van der Waals surface area contributed by atoms with Gasteiger partial charge in [0.25, 0.3) is 5.91 Å². The molecule has 2 aromatic rings. The molecule has 4 nitrogen and oxygen atoms in total. The van der Waals surface area contributed by atoms with Gasteiger partial charge in [0.05, 0.1) is 6.10 Å². The molecule has 1 unspecified atom stereocenters. The van der Waals surface area contributed by atoms with Crippen molar-refractivity contribution < 1.29 is 18.7 Å². The standard InChI is InChI=1S/C20H22FNO3/c21-17-4-1-3-15(13-17)10-11-22-20(23)16-6-8-18(9-7-16)25-14-19-5-2-12-24-19/h1,3-4,6-9,13,19H,2,5,10-12,14H2,(H,22,23). The smallest absolute Gasteiger partial charge is 0.251 e. The lowest BCUT2D eigenvalue weighted by Gasteiger charge is -2.11. The predicted molar refractivity (Wildman–Crippen MR) is 93.3 cm³/mol. The van der Waals surface area contributed by atoms with Gasteiger partial charge in [-0.1, -0.05) is 12.1 Å². The van der Waals surface area contributed by atoms with E-state index in [2.05, 4.69) is 5.32 Å². The van der Waals surface area contributed by atoms with E-state index in [0.29, 0.717) is 25.1 Å². The van der Waals surface area contributed by atoms with E-state index in [9.17, 15) is 9.18 Å². The topological polar surface area (TPSA) is 47.6 Å². The highest BCUT2D eigenvalue weighted by molar-refractivity contribution is 5.94. The molecule has 3 rings (SSSR count). The lowest BCUT2D eigenvalue weighted by atomic mass is 10.1. The van der Waals surface area contributed by atoms with Gasteiger partial charge in [0.2, 0.25) is 0 Å². The van der Waals surface area contributed by atoms with Gasteiger partial charge in [-0.3, -0.25) is 4.79 Å². The van der Waals surface area contributed by atoms with Crippen molar-refractivity contribution in [1.29, 1.82) is 0 Å².